The first kappa shape index (κ1) is 7.34. The van der Waals surface area contributed by atoms with Gasteiger partial charge in [-0.05, 0) is 40.8 Å². The van der Waals surface area contributed by atoms with Crippen LogP contribution in [-0.2, 0) is 0 Å². The van der Waals surface area contributed by atoms with Gasteiger partial charge in [0.15, 0.2) is 0 Å². The summed E-state index contributed by atoms with van der Waals surface area (Å²) in [5, 5.41) is 0. The minimum atomic E-state index is -0.187. The first-order valence-corrected chi connectivity index (χ1v) is 3.87. The lowest BCUT2D eigenvalue weighted by molar-refractivity contribution is 0.619. The van der Waals surface area contributed by atoms with Crippen molar-refractivity contribution in [3.8, 4) is 0 Å². The fourth-order valence-corrected chi connectivity index (χ4v) is 1.45. The van der Waals surface area contributed by atoms with Crippen LogP contribution < -0.4 is 0 Å². The van der Waals surface area contributed by atoms with Crippen molar-refractivity contribution < 1.29 is 4.39 Å². The van der Waals surface area contributed by atoms with Crippen molar-refractivity contribution in [3.63, 3.8) is 0 Å². The largest absolute Gasteiger partial charge is 0.206 e. The van der Waals surface area contributed by atoms with Crippen molar-refractivity contribution in [3.05, 3.63) is 27.6 Å². The zero-order valence-electron chi connectivity index (χ0n) is 4.44. The van der Waals surface area contributed by atoms with E-state index in [2.05, 4.69) is 12.6 Å². The Morgan fingerprint density at radius 2 is 2.11 bits per heavy atom. The van der Waals surface area contributed by atoms with E-state index in [1.54, 1.807) is 12.1 Å². The molecule has 0 saturated heterocycles. The first-order chi connectivity index (χ1) is 4.20. The van der Waals surface area contributed by atoms with Crippen LogP contribution in [0.15, 0.2) is 23.1 Å². The molecule has 0 aromatic heterocycles. The van der Waals surface area contributed by atoms with E-state index in [0.29, 0.717) is 3.57 Å². The monoisotopic (exact) mass is 254 g/mol. The molecule has 0 bridgehead atoms. The molecule has 0 radical (unpaired) electrons. The quantitative estimate of drug-likeness (QED) is 0.534. The lowest BCUT2D eigenvalue weighted by Crippen LogP contribution is -1.78. The molecule has 0 atom stereocenters. The van der Waals surface area contributed by atoms with E-state index in [0.717, 1.165) is 4.90 Å². The summed E-state index contributed by atoms with van der Waals surface area (Å²) in [4.78, 5) is 0.792. The van der Waals surface area contributed by atoms with Crippen molar-refractivity contribution in [2.24, 2.45) is 0 Å². The summed E-state index contributed by atoms with van der Waals surface area (Å²) >= 11 is 5.96. The van der Waals surface area contributed by atoms with Gasteiger partial charge in [0, 0.05) is 8.47 Å². The van der Waals surface area contributed by atoms with Gasteiger partial charge in [-0.1, -0.05) is 0 Å². The van der Waals surface area contributed by atoms with Gasteiger partial charge < -0.3 is 0 Å². The van der Waals surface area contributed by atoms with E-state index in [1.165, 1.54) is 6.07 Å². The average Bonchev–Trinajstić information content (AvgIpc) is 1.80. The van der Waals surface area contributed by atoms with E-state index < -0.39 is 0 Å². The third-order valence-electron chi connectivity index (χ3n) is 0.903. The summed E-state index contributed by atoms with van der Waals surface area (Å²) < 4.78 is 13.1. The number of hydrogen-bond donors (Lipinski definition) is 1. The summed E-state index contributed by atoms with van der Waals surface area (Å²) in [6.45, 7) is 0. The van der Waals surface area contributed by atoms with Gasteiger partial charge in [-0.25, -0.2) is 4.39 Å². The Morgan fingerprint density at radius 1 is 1.44 bits per heavy atom. The maximum atomic E-state index is 12.5. The Morgan fingerprint density at radius 3 is 2.56 bits per heavy atom. The summed E-state index contributed by atoms with van der Waals surface area (Å²) in [6.07, 6.45) is 0. The second-order valence-corrected chi connectivity index (χ2v) is 3.28. The number of benzene rings is 1. The molecule has 0 spiro atoms. The SMILES string of the molecule is Fc1ccc(S)cc1I. The molecule has 0 amide bonds. The van der Waals surface area contributed by atoms with Gasteiger partial charge in [0.2, 0.25) is 0 Å². The predicted octanol–water partition coefficient (Wildman–Crippen LogP) is 2.72. The van der Waals surface area contributed by atoms with Crippen molar-refractivity contribution in [2.75, 3.05) is 0 Å². The molecular weight excluding hydrogens is 250 g/mol. The van der Waals surface area contributed by atoms with Crippen molar-refractivity contribution in [2.45, 2.75) is 4.90 Å². The number of hydrogen-bond acceptors (Lipinski definition) is 1. The Kier molecular flexibility index (Phi) is 2.35. The van der Waals surface area contributed by atoms with Crippen molar-refractivity contribution in [1.82, 2.24) is 0 Å². The molecule has 1 rings (SSSR count). The van der Waals surface area contributed by atoms with Crippen LogP contribution in [-0.4, -0.2) is 0 Å². The van der Waals surface area contributed by atoms with Gasteiger partial charge >= 0.3 is 0 Å². The first-order valence-electron chi connectivity index (χ1n) is 2.34. The van der Waals surface area contributed by atoms with Gasteiger partial charge in [0.05, 0.1) is 0 Å². The zero-order valence-corrected chi connectivity index (χ0v) is 7.49. The second-order valence-electron chi connectivity index (χ2n) is 1.60. The molecule has 0 aliphatic heterocycles. The molecule has 0 aliphatic carbocycles. The molecule has 0 aliphatic rings. The Labute approximate surface area is 72.0 Å². The van der Waals surface area contributed by atoms with Crippen molar-refractivity contribution in [1.29, 1.82) is 0 Å². The third kappa shape index (κ3) is 1.82. The molecule has 1 aromatic carbocycles. The van der Waals surface area contributed by atoms with Crippen molar-refractivity contribution >= 4 is 35.2 Å². The standard InChI is InChI=1S/C6H4FIS/c7-5-2-1-4(9)3-6(5)8/h1-3,9H. The molecule has 0 nitrogen and oxygen atoms in total. The summed E-state index contributed by atoms with van der Waals surface area (Å²) in [5.41, 5.74) is 0. The molecule has 9 heavy (non-hydrogen) atoms. The lowest BCUT2D eigenvalue weighted by atomic mass is 10.3. The van der Waals surface area contributed by atoms with Crippen LogP contribution in [0.4, 0.5) is 4.39 Å². The molecule has 0 fully saturated rings. The summed E-state index contributed by atoms with van der Waals surface area (Å²) in [6, 6.07) is 4.71. The fourth-order valence-electron chi connectivity index (χ4n) is 0.485. The van der Waals surface area contributed by atoms with Crippen LogP contribution in [0.1, 0.15) is 0 Å². The van der Waals surface area contributed by atoms with Crippen LogP contribution in [0, 0.1) is 9.39 Å². The van der Waals surface area contributed by atoms with Gasteiger partial charge in [-0.2, -0.15) is 0 Å². The fraction of sp³-hybridized carbons (Fsp3) is 0. The number of halogens is 2. The highest BCUT2D eigenvalue weighted by molar-refractivity contribution is 14.1. The van der Waals surface area contributed by atoms with Crippen LogP contribution in [0.5, 0.6) is 0 Å². The average molecular weight is 254 g/mol. The minimum absolute atomic E-state index is 0.187. The summed E-state index contributed by atoms with van der Waals surface area (Å²) in [5.74, 6) is -0.187. The zero-order chi connectivity index (χ0) is 6.85. The van der Waals surface area contributed by atoms with Gasteiger partial charge in [0.1, 0.15) is 5.82 Å². The van der Waals surface area contributed by atoms with Crippen LogP contribution in [0.25, 0.3) is 0 Å². The highest BCUT2D eigenvalue weighted by Crippen LogP contribution is 2.14. The van der Waals surface area contributed by atoms with E-state index in [1.807, 2.05) is 22.6 Å². The van der Waals surface area contributed by atoms with E-state index in [9.17, 15) is 4.39 Å². The molecule has 1 aromatic rings. The molecule has 48 valence electrons. The third-order valence-corrected chi connectivity index (χ3v) is 2.01. The molecular formula is C6H4FIS. The molecule has 0 N–H and O–H groups in total. The topological polar surface area (TPSA) is 0 Å². The Bertz CT molecular complexity index is 224. The molecule has 0 saturated carbocycles. The highest BCUT2D eigenvalue weighted by Gasteiger charge is 1.95. The van der Waals surface area contributed by atoms with E-state index in [4.69, 9.17) is 0 Å². The predicted molar refractivity (Wildman–Crippen MR) is 46.4 cm³/mol. The Balaban J connectivity index is 3.17. The summed E-state index contributed by atoms with van der Waals surface area (Å²) in [7, 11) is 0. The van der Waals surface area contributed by atoms with Crippen LogP contribution >= 0.6 is 35.2 Å². The van der Waals surface area contributed by atoms with Gasteiger partial charge in [-0.3, -0.25) is 0 Å². The van der Waals surface area contributed by atoms with Gasteiger partial charge in [0.25, 0.3) is 0 Å². The molecule has 3 heteroatoms. The lowest BCUT2D eigenvalue weighted by Gasteiger charge is -1.92. The highest BCUT2D eigenvalue weighted by atomic mass is 127. The normalized spacial score (nSPS) is 9.67. The number of rotatable bonds is 0. The maximum Gasteiger partial charge on any atom is 0.136 e. The van der Waals surface area contributed by atoms with E-state index in [-0.39, 0.29) is 5.82 Å². The van der Waals surface area contributed by atoms with Gasteiger partial charge in [-0.15, -0.1) is 12.6 Å². The van der Waals surface area contributed by atoms with Crippen LogP contribution in [0.2, 0.25) is 0 Å². The smallest absolute Gasteiger partial charge is 0.136 e. The number of thiol groups is 1. The maximum absolute atomic E-state index is 12.5. The minimum Gasteiger partial charge on any atom is -0.206 e. The second kappa shape index (κ2) is 2.88. The van der Waals surface area contributed by atoms with E-state index >= 15 is 0 Å². The molecule has 0 unspecified atom stereocenters. The molecule has 0 heterocycles. The van der Waals surface area contributed by atoms with Crippen LogP contribution in [0.3, 0.4) is 0 Å². The Hall–Kier alpha value is 0.230.